The molecule has 0 bridgehead atoms. The predicted octanol–water partition coefficient (Wildman–Crippen LogP) is 4.76. The molecule has 0 saturated carbocycles. The van der Waals surface area contributed by atoms with E-state index in [4.69, 9.17) is 4.98 Å². The van der Waals surface area contributed by atoms with Gasteiger partial charge >= 0.3 is 0 Å². The van der Waals surface area contributed by atoms with Crippen LogP contribution in [0, 0.1) is 5.82 Å². The molecule has 6 aromatic rings. The standard InChI is InChI=1S/C23H14FN7/c24-15-3-1-13(2-4-15)17-10-26-11-20-21(17)29-23(28-20)22-16-9-18(14-5-7-25-8-6-14)27-12-19(16)30-31-22/h1-12H,(H,28,29)(H,30,31). The average molecular weight is 407 g/mol. The van der Waals surface area contributed by atoms with E-state index >= 15 is 0 Å². The number of nitrogens with one attached hydrogen (secondary N) is 2. The molecule has 1 aromatic carbocycles. The highest BCUT2D eigenvalue weighted by Crippen LogP contribution is 2.32. The van der Waals surface area contributed by atoms with Gasteiger partial charge in [-0.25, -0.2) is 9.37 Å². The minimum Gasteiger partial charge on any atom is -0.335 e. The second kappa shape index (κ2) is 6.81. The lowest BCUT2D eigenvalue weighted by molar-refractivity contribution is 0.628. The van der Waals surface area contributed by atoms with E-state index in [0.29, 0.717) is 11.5 Å². The Morgan fingerprint density at radius 1 is 0.806 bits per heavy atom. The van der Waals surface area contributed by atoms with Gasteiger partial charge in [0.25, 0.3) is 0 Å². The maximum Gasteiger partial charge on any atom is 0.159 e. The summed E-state index contributed by atoms with van der Waals surface area (Å²) in [6.07, 6.45) is 8.68. The molecular weight excluding hydrogens is 393 g/mol. The molecule has 0 radical (unpaired) electrons. The van der Waals surface area contributed by atoms with Crippen LogP contribution >= 0.6 is 0 Å². The van der Waals surface area contributed by atoms with Gasteiger partial charge in [0.2, 0.25) is 0 Å². The van der Waals surface area contributed by atoms with Crippen molar-refractivity contribution in [2.75, 3.05) is 0 Å². The van der Waals surface area contributed by atoms with Crippen molar-refractivity contribution in [2.24, 2.45) is 0 Å². The van der Waals surface area contributed by atoms with Gasteiger partial charge in [-0.15, -0.1) is 0 Å². The number of halogens is 1. The lowest BCUT2D eigenvalue weighted by Gasteiger charge is -2.01. The number of H-pyrrole nitrogens is 2. The van der Waals surface area contributed by atoms with Crippen molar-refractivity contribution >= 4 is 21.9 Å². The van der Waals surface area contributed by atoms with Crippen LogP contribution < -0.4 is 0 Å². The van der Waals surface area contributed by atoms with Crippen molar-refractivity contribution in [3.05, 3.63) is 79.3 Å². The van der Waals surface area contributed by atoms with Crippen LogP contribution in [0.2, 0.25) is 0 Å². The Hall–Kier alpha value is -4.46. The second-order valence-electron chi connectivity index (χ2n) is 7.10. The molecule has 31 heavy (non-hydrogen) atoms. The van der Waals surface area contributed by atoms with Gasteiger partial charge in [0.15, 0.2) is 5.82 Å². The minimum atomic E-state index is -0.284. The molecule has 7 nitrogen and oxygen atoms in total. The number of aromatic amines is 2. The minimum absolute atomic E-state index is 0.284. The lowest BCUT2D eigenvalue weighted by atomic mass is 10.1. The first kappa shape index (κ1) is 17.4. The molecular formula is C23H14FN7. The van der Waals surface area contributed by atoms with E-state index in [2.05, 4.69) is 30.1 Å². The van der Waals surface area contributed by atoms with Gasteiger partial charge in [-0.3, -0.25) is 20.1 Å². The number of rotatable bonds is 3. The summed E-state index contributed by atoms with van der Waals surface area (Å²) in [5.41, 5.74) is 6.47. The second-order valence-corrected chi connectivity index (χ2v) is 7.10. The van der Waals surface area contributed by atoms with Crippen LogP contribution in [0.25, 0.3) is 55.8 Å². The van der Waals surface area contributed by atoms with Gasteiger partial charge in [-0.1, -0.05) is 12.1 Å². The molecule has 0 atom stereocenters. The summed E-state index contributed by atoms with van der Waals surface area (Å²) in [6, 6.07) is 12.1. The fourth-order valence-electron chi connectivity index (χ4n) is 3.66. The Balaban J connectivity index is 1.51. The summed E-state index contributed by atoms with van der Waals surface area (Å²) >= 11 is 0. The van der Waals surface area contributed by atoms with Crippen LogP contribution in [0.4, 0.5) is 4.39 Å². The highest BCUT2D eigenvalue weighted by molar-refractivity contribution is 5.97. The number of nitrogens with zero attached hydrogens (tertiary/aromatic N) is 5. The van der Waals surface area contributed by atoms with Crippen LogP contribution in [0.3, 0.4) is 0 Å². The summed E-state index contributed by atoms with van der Waals surface area (Å²) in [7, 11) is 0. The number of hydrogen-bond acceptors (Lipinski definition) is 5. The van der Waals surface area contributed by atoms with E-state index in [9.17, 15) is 4.39 Å². The maximum absolute atomic E-state index is 13.4. The van der Waals surface area contributed by atoms with E-state index in [-0.39, 0.29) is 5.82 Å². The van der Waals surface area contributed by atoms with Gasteiger partial charge < -0.3 is 4.98 Å². The molecule has 0 aliphatic carbocycles. The highest BCUT2D eigenvalue weighted by Gasteiger charge is 2.16. The Kier molecular flexibility index (Phi) is 3.82. The van der Waals surface area contributed by atoms with E-state index in [1.807, 2.05) is 18.2 Å². The summed E-state index contributed by atoms with van der Waals surface area (Å²) in [5.74, 6) is 0.331. The molecule has 5 aromatic heterocycles. The molecule has 5 heterocycles. The van der Waals surface area contributed by atoms with Crippen molar-refractivity contribution in [2.45, 2.75) is 0 Å². The van der Waals surface area contributed by atoms with Crippen LogP contribution in [0.1, 0.15) is 0 Å². The number of hydrogen-bond donors (Lipinski definition) is 2. The predicted molar refractivity (Wildman–Crippen MR) is 115 cm³/mol. The molecule has 0 amide bonds. The van der Waals surface area contributed by atoms with Crippen LogP contribution in [-0.4, -0.2) is 35.1 Å². The number of imidazole rings is 1. The van der Waals surface area contributed by atoms with Crippen molar-refractivity contribution in [1.82, 2.24) is 35.1 Å². The molecule has 8 heteroatoms. The van der Waals surface area contributed by atoms with E-state index in [0.717, 1.165) is 44.3 Å². The molecule has 0 fully saturated rings. The Morgan fingerprint density at radius 2 is 1.65 bits per heavy atom. The first-order valence-electron chi connectivity index (χ1n) is 9.61. The first-order valence-corrected chi connectivity index (χ1v) is 9.61. The molecule has 0 aliphatic heterocycles. The normalized spacial score (nSPS) is 11.4. The monoisotopic (exact) mass is 407 g/mol. The molecule has 0 saturated heterocycles. The van der Waals surface area contributed by atoms with Crippen molar-refractivity contribution in [1.29, 1.82) is 0 Å². The average Bonchev–Trinajstić information content (AvgIpc) is 3.43. The van der Waals surface area contributed by atoms with Gasteiger partial charge in [-0.2, -0.15) is 5.10 Å². The summed E-state index contributed by atoms with van der Waals surface area (Å²) in [4.78, 5) is 21.0. The third kappa shape index (κ3) is 2.93. The van der Waals surface area contributed by atoms with E-state index in [1.165, 1.54) is 12.1 Å². The Morgan fingerprint density at radius 3 is 2.48 bits per heavy atom. The van der Waals surface area contributed by atoms with E-state index < -0.39 is 0 Å². The summed E-state index contributed by atoms with van der Waals surface area (Å²) in [6.45, 7) is 0. The number of pyridine rings is 3. The van der Waals surface area contributed by atoms with Gasteiger partial charge in [0.05, 0.1) is 34.6 Å². The third-order valence-electron chi connectivity index (χ3n) is 5.20. The van der Waals surface area contributed by atoms with Gasteiger partial charge in [0.1, 0.15) is 11.5 Å². The molecule has 148 valence electrons. The zero-order chi connectivity index (χ0) is 20.8. The van der Waals surface area contributed by atoms with E-state index in [1.54, 1.807) is 43.1 Å². The number of aromatic nitrogens is 7. The smallest absolute Gasteiger partial charge is 0.159 e. The number of benzene rings is 1. The fourth-order valence-corrected chi connectivity index (χ4v) is 3.66. The van der Waals surface area contributed by atoms with Crippen molar-refractivity contribution in [3.63, 3.8) is 0 Å². The summed E-state index contributed by atoms with van der Waals surface area (Å²) < 4.78 is 13.4. The zero-order valence-corrected chi connectivity index (χ0v) is 16.0. The molecule has 2 N–H and O–H groups in total. The van der Waals surface area contributed by atoms with Crippen LogP contribution in [0.5, 0.6) is 0 Å². The lowest BCUT2D eigenvalue weighted by Crippen LogP contribution is -1.85. The van der Waals surface area contributed by atoms with Crippen LogP contribution in [0.15, 0.2) is 73.4 Å². The molecule has 6 rings (SSSR count). The quantitative estimate of drug-likeness (QED) is 0.441. The number of fused-ring (bicyclic) bond motifs is 2. The largest absolute Gasteiger partial charge is 0.335 e. The Labute approximate surface area is 175 Å². The van der Waals surface area contributed by atoms with Gasteiger partial charge in [0, 0.05) is 35.1 Å². The molecule has 0 spiro atoms. The highest BCUT2D eigenvalue weighted by atomic mass is 19.1. The van der Waals surface area contributed by atoms with Gasteiger partial charge in [-0.05, 0) is 35.9 Å². The van der Waals surface area contributed by atoms with Crippen molar-refractivity contribution < 1.29 is 4.39 Å². The molecule has 0 aliphatic rings. The Bertz CT molecular complexity index is 1540. The van der Waals surface area contributed by atoms with Crippen molar-refractivity contribution in [3.8, 4) is 33.9 Å². The maximum atomic E-state index is 13.4. The van der Waals surface area contributed by atoms with Crippen LogP contribution in [-0.2, 0) is 0 Å². The first-order chi connectivity index (χ1) is 15.3. The topological polar surface area (TPSA) is 96.0 Å². The molecule has 0 unspecified atom stereocenters. The zero-order valence-electron chi connectivity index (χ0n) is 16.0. The fraction of sp³-hybridized carbons (Fsp3) is 0. The SMILES string of the molecule is Fc1ccc(-c2cncc3[nH]c(-c4n[nH]c5cnc(-c6ccncc6)cc45)nc23)cc1. The third-order valence-corrected chi connectivity index (χ3v) is 5.20. The summed E-state index contributed by atoms with van der Waals surface area (Å²) in [5, 5.41) is 8.39.